The predicted molar refractivity (Wildman–Crippen MR) is 73.1 cm³/mol. The molecule has 3 nitrogen and oxygen atoms in total. The van der Waals surface area contributed by atoms with E-state index < -0.39 is 11.7 Å². The summed E-state index contributed by atoms with van der Waals surface area (Å²) in [5.74, 6) is 0.325. The first kappa shape index (κ1) is 15.3. The number of aromatic nitrogens is 1. The molecule has 0 unspecified atom stereocenters. The molecular weight excluding hydrogens is 281 g/mol. The molecule has 0 aliphatic rings. The third-order valence-electron chi connectivity index (χ3n) is 3.02. The van der Waals surface area contributed by atoms with E-state index in [1.54, 1.807) is 6.92 Å². The van der Waals surface area contributed by atoms with Gasteiger partial charge in [-0.05, 0) is 43.7 Å². The van der Waals surface area contributed by atoms with Crippen LogP contribution in [0.2, 0.25) is 0 Å². The molecule has 1 aromatic heterocycles. The van der Waals surface area contributed by atoms with E-state index in [1.807, 2.05) is 13.0 Å². The lowest BCUT2D eigenvalue weighted by Crippen LogP contribution is -2.06. The molecule has 6 heteroatoms. The number of nitrogens with two attached hydrogens (primary N) is 1. The first-order valence-electron chi connectivity index (χ1n) is 6.33. The number of hydrogen-bond donors (Lipinski definition) is 1. The smallest absolute Gasteiger partial charge is 0.416 e. The van der Waals surface area contributed by atoms with Gasteiger partial charge in [0, 0.05) is 17.8 Å². The van der Waals surface area contributed by atoms with Gasteiger partial charge in [0.05, 0.1) is 5.56 Å². The molecule has 1 heterocycles. The van der Waals surface area contributed by atoms with Crippen molar-refractivity contribution in [2.24, 2.45) is 5.73 Å². The molecule has 0 amide bonds. The van der Waals surface area contributed by atoms with Gasteiger partial charge in [-0.3, -0.25) is 0 Å². The van der Waals surface area contributed by atoms with Gasteiger partial charge < -0.3 is 10.5 Å². The largest absolute Gasteiger partial charge is 0.439 e. The summed E-state index contributed by atoms with van der Waals surface area (Å²) in [6.07, 6.45) is -4.41. The zero-order valence-electron chi connectivity index (χ0n) is 11.7. The summed E-state index contributed by atoms with van der Waals surface area (Å²) in [6, 6.07) is 6.53. The van der Waals surface area contributed by atoms with Crippen molar-refractivity contribution in [2.45, 2.75) is 26.6 Å². The maximum absolute atomic E-state index is 12.7. The molecule has 2 aromatic rings. The zero-order chi connectivity index (χ0) is 15.6. The number of benzene rings is 1. The first-order valence-corrected chi connectivity index (χ1v) is 6.33. The number of alkyl halides is 3. The van der Waals surface area contributed by atoms with Crippen LogP contribution in [0.3, 0.4) is 0 Å². The lowest BCUT2D eigenvalue weighted by atomic mass is 10.1. The van der Waals surface area contributed by atoms with Crippen LogP contribution in [-0.4, -0.2) is 4.98 Å². The highest BCUT2D eigenvalue weighted by atomic mass is 19.4. The minimum absolute atomic E-state index is 0.0806. The SMILES string of the molecule is Cc1cc(C)c(CN)c(Oc2cccc(C(F)(F)F)c2)n1. The summed E-state index contributed by atoms with van der Waals surface area (Å²) in [7, 11) is 0. The molecule has 1 aromatic carbocycles. The minimum Gasteiger partial charge on any atom is -0.439 e. The highest BCUT2D eigenvalue weighted by Crippen LogP contribution is 2.33. The summed E-state index contributed by atoms with van der Waals surface area (Å²) in [4.78, 5) is 4.21. The van der Waals surface area contributed by atoms with Crippen LogP contribution in [0.25, 0.3) is 0 Å². The Morgan fingerprint density at radius 1 is 1.19 bits per heavy atom. The number of ether oxygens (including phenoxy) is 1. The van der Waals surface area contributed by atoms with Crippen LogP contribution in [-0.2, 0) is 12.7 Å². The normalized spacial score (nSPS) is 11.5. The van der Waals surface area contributed by atoms with E-state index in [-0.39, 0.29) is 18.2 Å². The Kier molecular flexibility index (Phi) is 4.18. The van der Waals surface area contributed by atoms with Gasteiger partial charge in [-0.15, -0.1) is 0 Å². The summed E-state index contributed by atoms with van der Waals surface area (Å²) < 4.78 is 43.6. The average molecular weight is 296 g/mol. The molecule has 112 valence electrons. The molecular formula is C15H15F3N2O. The quantitative estimate of drug-likeness (QED) is 0.932. The van der Waals surface area contributed by atoms with E-state index in [4.69, 9.17) is 10.5 Å². The Bertz CT molecular complexity index is 654. The predicted octanol–water partition coefficient (Wildman–Crippen LogP) is 3.97. The number of halogens is 3. The van der Waals surface area contributed by atoms with E-state index in [0.29, 0.717) is 11.3 Å². The van der Waals surface area contributed by atoms with Crippen LogP contribution in [0.4, 0.5) is 13.2 Å². The highest BCUT2D eigenvalue weighted by Gasteiger charge is 2.30. The van der Waals surface area contributed by atoms with Crippen LogP contribution in [0.1, 0.15) is 22.4 Å². The molecule has 21 heavy (non-hydrogen) atoms. The second kappa shape index (κ2) is 5.73. The zero-order valence-corrected chi connectivity index (χ0v) is 11.7. The molecule has 0 saturated heterocycles. The van der Waals surface area contributed by atoms with Gasteiger partial charge in [0.1, 0.15) is 5.75 Å². The molecule has 2 rings (SSSR count). The fourth-order valence-corrected chi connectivity index (χ4v) is 2.01. The molecule has 0 saturated carbocycles. The third kappa shape index (κ3) is 3.52. The van der Waals surface area contributed by atoms with Crippen molar-refractivity contribution in [3.05, 3.63) is 52.7 Å². The molecule has 0 radical (unpaired) electrons. The highest BCUT2D eigenvalue weighted by molar-refractivity contribution is 5.40. The van der Waals surface area contributed by atoms with E-state index in [9.17, 15) is 13.2 Å². The van der Waals surface area contributed by atoms with Gasteiger partial charge in [-0.1, -0.05) is 6.07 Å². The lowest BCUT2D eigenvalue weighted by molar-refractivity contribution is -0.137. The van der Waals surface area contributed by atoms with Crippen LogP contribution in [0.5, 0.6) is 11.6 Å². The number of nitrogens with zero attached hydrogens (tertiary/aromatic N) is 1. The standard InChI is InChI=1S/C15H15F3N2O/c1-9-6-10(2)20-14(13(9)8-19)21-12-5-3-4-11(7-12)15(16,17)18/h3-7H,8,19H2,1-2H3. The molecule has 0 aliphatic heterocycles. The average Bonchev–Trinajstić information content (AvgIpc) is 2.37. The molecule has 0 aliphatic carbocycles. The summed E-state index contributed by atoms with van der Waals surface area (Å²) >= 11 is 0. The topological polar surface area (TPSA) is 48.1 Å². The fourth-order valence-electron chi connectivity index (χ4n) is 2.01. The number of aryl methyl sites for hydroxylation is 2. The summed E-state index contributed by atoms with van der Waals surface area (Å²) in [6.45, 7) is 3.84. The van der Waals surface area contributed by atoms with Crippen molar-refractivity contribution in [3.8, 4) is 11.6 Å². The first-order chi connectivity index (χ1) is 9.81. The third-order valence-corrected chi connectivity index (χ3v) is 3.02. The molecule has 2 N–H and O–H groups in total. The van der Waals surface area contributed by atoms with E-state index >= 15 is 0 Å². The van der Waals surface area contributed by atoms with Crippen molar-refractivity contribution < 1.29 is 17.9 Å². The summed E-state index contributed by atoms with van der Waals surface area (Å²) in [5, 5.41) is 0. The molecule has 0 fully saturated rings. The van der Waals surface area contributed by atoms with Crippen LogP contribution in [0, 0.1) is 13.8 Å². The van der Waals surface area contributed by atoms with E-state index in [1.165, 1.54) is 12.1 Å². The number of hydrogen-bond acceptors (Lipinski definition) is 3. The van der Waals surface area contributed by atoms with Crippen molar-refractivity contribution in [3.63, 3.8) is 0 Å². The van der Waals surface area contributed by atoms with Gasteiger partial charge in [-0.25, -0.2) is 4.98 Å². The Hall–Kier alpha value is -2.08. The Morgan fingerprint density at radius 2 is 1.90 bits per heavy atom. The van der Waals surface area contributed by atoms with Crippen molar-refractivity contribution in [1.82, 2.24) is 4.98 Å². The number of rotatable bonds is 3. The Balaban J connectivity index is 2.39. The molecule has 0 bridgehead atoms. The van der Waals surface area contributed by atoms with Crippen LogP contribution >= 0.6 is 0 Å². The minimum atomic E-state index is -4.41. The van der Waals surface area contributed by atoms with Gasteiger partial charge in [0.25, 0.3) is 0 Å². The summed E-state index contributed by atoms with van der Waals surface area (Å²) in [5.41, 5.74) is 7.18. The van der Waals surface area contributed by atoms with Gasteiger partial charge in [-0.2, -0.15) is 13.2 Å². The maximum Gasteiger partial charge on any atom is 0.416 e. The van der Waals surface area contributed by atoms with Gasteiger partial charge in [0.15, 0.2) is 0 Å². The van der Waals surface area contributed by atoms with Crippen LogP contribution < -0.4 is 10.5 Å². The van der Waals surface area contributed by atoms with Crippen molar-refractivity contribution >= 4 is 0 Å². The van der Waals surface area contributed by atoms with Gasteiger partial charge in [0.2, 0.25) is 5.88 Å². The second-order valence-electron chi connectivity index (χ2n) is 4.70. The van der Waals surface area contributed by atoms with Crippen LogP contribution in [0.15, 0.2) is 30.3 Å². The van der Waals surface area contributed by atoms with Gasteiger partial charge >= 0.3 is 6.18 Å². The van der Waals surface area contributed by atoms with Crippen molar-refractivity contribution in [2.75, 3.05) is 0 Å². The number of pyridine rings is 1. The van der Waals surface area contributed by atoms with E-state index in [2.05, 4.69) is 4.98 Å². The molecule has 0 atom stereocenters. The fraction of sp³-hybridized carbons (Fsp3) is 0.267. The van der Waals surface area contributed by atoms with E-state index in [0.717, 1.165) is 17.7 Å². The maximum atomic E-state index is 12.7. The Labute approximate surface area is 120 Å². The monoisotopic (exact) mass is 296 g/mol. The second-order valence-corrected chi connectivity index (χ2v) is 4.70. The Morgan fingerprint density at radius 3 is 2.52 bits per heavy atom. The molecule has 0 spiro atoms. The van der Waals surface area contributed by atoms with Crippen molar-refractivity contribution in [1.29, 1.82) is 0 Å². The lowest BCUT2D eigenvalue weighted by Gasteiger charge is -2.13.